The van der Waals surface area contributed by atoms with Crippen molar-refractivity contribution in [1.82, 2.24) is 5.01 Å². The molecule has 0 saturated carbocycles. The molecule has 1 N–H and O–H groups in total. The van der Waals surface area contributed by atoms with E-state index in [0.717, 1.165) is 17.9 Å². The topological polar surface area (TPSA) is 62.1 Å². The van der Waals surface area contributed by atoms with Crippen LogP contribution >= 0.6 is 0 Å². The first kappa shape index (κ1) is 9.32. The van der Waals surface area contributed by atoms with E-state index in [0.29, 0.717) is 6.54 Å². The van der Waals surface area contributed by atoms with E-state index in [1.165, 1.54) is 0 Å². The Morgan fingerprint density at radius 3 is 2.80 bits per heavy atom. The van der Waals surface area contributed by atoms with Gasteiger partial charge < -0.3 is 0 Å². The third-order valence-electron chi connectivity index (χ3n) is 1.09. The minimum atomic E-state index is -0.149. The minimum absolute atomic E-state index is 0.149. The summed E-state index contributed by atoms with van der Waals surface area (Å²) in [6.07, 6.45) is 1.85. The molecule has 5 nitrogen and oxygen atoms in total. The van der Waals surface area contributed by atoms with E-state index < -0.39 is 0 Å². The Morgan fingerprint density at radius 1 is 1.70 bits per heavy atom. The molecule has 0 heterocycles. The van der Waals surface area contributed by atoms with Crippen LogP contribution in [0.1, 0.15) is 19.8 Å². The van der Waals surface area contributed by atoms with Gasteiger partial charge in [0.05, 0.1) is 5.29 Å². The predicted molar refractivity (Wildman–Crippen MR) is 36.0 cm³/mol. The first-order valence-corrected chi connectivity index (χ1v) is 3.19. The SMILES string of the molecule is CCCCN(COO)N=O. The summed E-state index contributed by atoms with van der Waals surface area (Å²) in [5.74, 6) is 0. The molecule has 0 aliphatic rings. The molecule has 0 amide bonds. The summed E-state index contributed by atoms with van der Waals surface area (Å²) in [5.41, 5.74) is 0. The van der Waals surface area contributed by atoms with Crippen LogP contribution in [-0.4, -0.2) is 23.5 Å². The highest BCUT2D eigenvalue weighted by atomic mass is 17.1. The van der Waals surface area contributed by atoms with Crippen LogP contribution in [0.5, 0.6) is 0 Å². The van der Waals surface area contributed by atoms with Gasteiger partial charge in [0.15, 0.2) is 6.73 Å². The zero-order valence-electron chi connectivity index (χ0n) is 5.99. The Bertz CT molecular complexity index is 89.0. The fourth-order valence-corrected chi connectivity index (χ4v) is 0.536. The maximum Gasteiger partial charge on any atom is 0.172 e. The molecule has 0 aliphatic carbocycles. The van der Waals surface area contributed by atoms with Gasteiger partial charge in [-0.15, -0.1) is 4.91 Å². The zero-order valence-corrected chi connectivity index (χ0v) is 5.99. The van der Waals surface area contributed by atoms with Crippen molar-refractivity contribution >= 4 is 0 Å². The number of hydrogen-bond acceptors (Lipinski definition) is 4. The van der Waals surface area contributed by atoms with Gasteiger partial charge in [-0.1, -0.05) is 13.3 Å². The Kier molecular flexibility index (Phi) is 6.00. The number of hydrogen-bond donors (Lipinski definition) is 1. The molecule has 0 saturated heterocycles. The molecule has 0 spiro atoms. The van der Waals surface area contributed by atoms with Crippen LogP contribution in [0.4, 0.5) is 0 Å². The third kappa shape index (κ3) is 4.22. The van der Waals surface area contributed by atoms with Crippen molar-refractivity contribution in [2.75, 3.05) is 13.3 Å². The van der Waals surface area contributed by atoms with Crippen molar-refractivity contribution in [3.05, 3.63) is 4.91 Å². The number of rotatable bonds is 6. The molecule has 60 valence electrons. The normalized spacial score (nSPS) is 9.40. The maximum absolute atomic E-state index is 9.89. The summed E-state index contributed by atoms with van der Waals surface area (Å²) in [6, 6.07) is 0. The van der Waals surface area contributed by atoms with Crippen molar-refractivity contribution < 1.29 is 10.1 Å². The molecule has 10 heavy (non-hydrogen) atoms. The quantitative estimate of drug-likeness (QED) is 0.266. The molecule has 0 aliphatic heterocycles. The second-order valence-corrected chi connectivity index (χ2v) is 1.92. The molecular formula is C5H12N2O3. The summed E-state index contributed by atoms with van der Waals surface area (Å²) in [4.78, 5) is 13.6. The standard InChI is InChI=1S/C5H12N2O3/c1-2-3-4-7(6-8)5-10-9/h9H,2-5H2,1H3. The van der Waals surface area contributed by atoms with Crippen LogP contribution in [0.3, 0.4) is 0 Å². The lowest BCUT2D eigenvalue weighted by Crippen LogP contribution is -2.20. The molecule has 0 aromatic carbocycles. The molecule has 0 bridgehead atoms. The largest absolute Gasteiger partial charge is 0.250 e. The molecule has 0 radical (unpaired) electrons. The number of nitrogens with zero attached hydrogens (tertiary/aromatic N) is 2. The molecule has 0 aromatic rings. The van der Waals surface area contributed by atoms with Crippen molar-refractivity contribution in [2.45, 2.75) is 19.8 Å². The van der Waals surface area contributed by atoms with Crippen LogP contribution in [0.2, 0.25) is 0 Å². The Hall–Kier alpha value is -0.680. The van der Waals surface area contributed by atoms with Gasteiger partial charge in [0.25, 0.3) is 0 Å². The highest BCUT2D eigenvalue weighted by Gasteiger charge is 1.99. The minimum Gasteiger partial charge on any atom is -0.250 e. The van der Waals surface area contributed by atoms with Gasteiger partial charge in [0.2, 0.25) is 0 Å². The van der Waals surface area contributed by atoms with Crippen LogP contribution in [0.15, 0.2) is 5.29 Å². The zero-order chi connectivity index (χ0) is 7.82. The van der Waals surface area contributed by atoms with Crippen LogP contribution in [0, 0.1) is 4.91 Å². The van der Waals surface area contributed by atoms with Gasteiger partial charge in [0, 0.05) is 6.54 Å². The second kappa shape index (κ2) is 6.44. The number of nitroso groups, excluding NO2 is 1. The van der Waals surface area contributed by atoms with Gasteiger partial charge in [0.1, 0.15) is 0 Å². The molecular weight excluding hydrogens is 136 g/mol. The fourth-order valence-electron chi connectivity index (χ4n) is 0.536. The van der Waals surface area contributed by atoms with Gasteiger partial charge in [-0.05, 0) is 6.42 Å². The smallest absolute Gasteiger partial charge is 0.172 e. The van der Waals surface area contributed by atoms with Crippen molar-refractivity contribution in [3.8, 4) is 0 Å². The highest BCUT2D eigenvalue weighted by molar-refractivity contribution is 4.43. The molecule has 0 rings (SSSR count). The predicted octanol–water partition coefficient (Wildman–Crippen LogP) is 1.22. The van der Waals surface area contributed by atoms with E-state index in [1.54, 1.807) is 0 Å². The Balaban J connectivity index is 3.29. The molecule has 5 heteroatoms. The molecule has 0 atom stereocenters. The van der Waals surface area contributed by atoms with E-state index in [1.807, 2.05) is 6.92 Å². The lowest BCUT2D eigenvalue weighted by Gasteiger charge is -2.10. The lowest BCUT2D eigenvalue weighted by molar-refractivity contribution is -0.269. The molecule has 0 unspecified atom stereocenters. The van der Waals surface area contributed by atoms with E-state index in [9.17, 15) is 4.91 Å². The van der Waals surface area contributed by atoms with Gasteiger partial charge in [-0.2, -0.15) is 0 Å². The first-order valence-electron chi connectivity index (χ1n) is 3.19. The fraction of sp³-hybridized carbons (Fsp3) is 1.00. The third-order valence-corrected chi connectivity index (χ3v) is 1.09. The lowest BCUT2D eigenvalue weighted by atomic mass is 10.3. The van der Waals surface area contributed by atoms with Crippen molar-refractivity contribution in [2.24, 2.45) is 5.29 Å². The van der Waals surface area contributed by atoms with E-state index >= 15 is 0 Å². The average Bonchev–Trinajstić information content (AvgIpc) is 1.98. The molecule has 0 fully saturated rings. The van der Waals surface area contributed by atoms with Crippen molar-refractivity contribution in [3.63, 3.8) is 0 Å². The van der Waals surface area contributed by atoms with Crippen molar-refractivity contribution in [1.29, 1.82) is 0 Å². The Labute approximate surface area is 59.5 Å². The van der Waals surface area contributed by atoms with Gasteiger partial charge in [-0.3, -0.25) is 0 Å². The van der Waals surface area contributed by atoms with E-state index in [-0.39, 0.29) is 6.73 Å². The van der Waals surface area contributed by atoms with Gasteiger partial charge >= 0.3 is 0 Å². The Morgan fingerprint density at radius 2 is 2.40 bits per heavy atom. The monoisotopic (exact) mass is 148 g/mol. The number of unbranched alkanes of at least 4 members (excludes halogenated alkanes) is 1. The van der Waals surface area contributed by atoms with E-state index in [2.05, 4.69) is 10.2 Å². The van der Waals surface area contributed by atoms with Crippen LogP contribution in [-0.2, 0) is 4.89 Å². The second-order valence-electron chi connectivity index (χ2n) is 1.92. The average molecular weight is 148 g/mol. The first-order chi connectivity index (χ1) is 4.85. The van der Waals surface area contributed by atoms with Gasteiger partial charge in [-0.25, -0.2) is 15.2 Å². The summed E-state index contributed by atoms with van der Waals surface area (Å²) in [6.45, 7) is 2.38. The van der Waals surface area contributed by atoms with Crippen LogP contribution < -0.4 is 0 Å². The highest BCUT2D eigenvalue weighted by Crippen LogP contribution is 1.94. The summed E-state index contributed by atoms with van der Waals surface area (Å²) < 4.78 is 0. The molecule has 0 aromatic heterocycles. The summed E-state index contributed by atoms with van der Waals surface area (Å²) >= 11 is 0. The summed E-state index contributed by atoms with van der Waals surface area (Å²) in [5, 5.41) is 11.7. The maximum atomic E-state index is 9.89. The summed E-state index contributed by atoms with van der Waals surface area (Å²) in [7, 11) is 0. The van der Waals surface area contributed by atoms with Crippen LogP contribution in [0.25, 0.3) is 0 Å². The van der Waals surface area contributed by atoms with E-state index in [4.69, 9.17) is 5.26 Å².